The van der Waals surface area contributed by atoms with Crippen molar-refractivity contribution in [3.8, 4) is 10.6 Å². The predicted octanol–water partition coefficient (Wildman–Crippen LogP) is 4.82. The van der Waals surface area contributed by atoms with Crippen molar-refractivity contribution >= 4 is 57.8 Å². The summed E-state index contributed by atoms with van der Waals surface area (Å²) in [6.45, 7) is -0.609. The second-order valence-corrected chi connectivity index (χ2v) is 7.30. The lowest BCUT2D eigenvalue weighted by atomic mass is 10.2. The van der Waals surface area contributed by atoms with Gasteiger partial charge in [-0.05, 0) is 18.2 Å². The van der Waals surface area contributed by atoms with Crippen LogP contribution in [0.3, 0.4) is 0 Å². The lowest BCUT2D eigenvalue weighted by Gasteiger charge is -2.07. The summed E-state index contributed by atoms with van der Waals surface area (Å²) in [5.41, 5.74) is 0.599. The molecule has 0 saturated carbocycles. The molecule has 3 aromatic rings. The molecule has 1 heterocycles. The van der Waals surface area contributed by atoms with Gasteiger partial charge in [-0.3, -0.25) is 14.9 Å². The molecule has 0 unspecified atom stereocenters. The summed E-state index contributed by atoms with van der Waals surface area (Å²) in [5, 5.41) is 15.9. The van der Waals surface area contributed by atoms with Gasteiger partial charge in [-0.15, -0.1) is 11.3 Å². The summed E-state index contributed by atoms with van der Waals surface area (Å²) in [7, 11) is 0. The lowest BCUT2D eigenvalue weighted by molar-refractivity contribution is -0.384. The van der Waals surface area contributed by atoms with E-state index in [1.807, 2.05) is 0 Å². The third kappa shape index (κ3) is 5.29. The zero-order chi connectivity index (χ0) is 21.0. The molecule has 2 aromatic carbocycles. The Bertz CT molecular complexity index is 1100. The fourth-order valence-electron chi connectivity index (χ4n) is 2.24. The molecule has 148 valence electrons. The molecule has 3 rings (SSSR count). The van der Waals surface area contributed by atoms with Gasteiger partial charge in [0.25, 0.3) is 11.6 Å². The molecule has 0 aliphatic rings. The summed E-state index contributed by atoms with van der Waals surface area (Å²) in [4.78, 5) is 38.5. The van der Waals surface area contributed by atoms with Gasteiger partial charge in [-0.2, -0.15) is 0 Å². The van der Waals surface area contributed by atoms with Gasteiger partial charge in [0.05, 0.1) is 15.6 Å². The fourth-order valence-corrected chi connectivity index (χ4v) is 3.38. The van der Waals surface area contributed by atoms with E-state index in [2.05, 4.69) is 10.3 Å². The van der Waals surface area contributed by atoms with Crippen molar-refractivity contribution in [2.24, 2.45) is 0 Å². The molecule has 8 nitrogen and oxygen atoms in total. The quantitative estimate of drug-likeness (QED) is 0.326. The van der Waals surface area contributed by atoms with Gasteiger partial charge in [0.1, 0.15) is 5.01 Å². The number of nitrogens with one attached hydrogen (secondary N) is 1. The van der Waals surface area contributed by atoms with E-state index >= 15 is 0 Å². The van der Waals surface area contributed by atoms with Crippen LogP contribution in [0.5, 0.6) is 0 Å². The molecule has 11 heteroatoms. The Morgan fingerprint density at radius 3 is 2.72 bits per heavy atom. The Morgan fingerprint density at radius 2 is 2.00 bits per heavy atom. The SMILES string of the molecule is O=C(COC(=O)c1csc(-c2cccc(Cl)c2)n1)Nc1cc([N+](=O)[O-])ccc1Cl. The average molecular weight is 452 g/mol. The first-order valence-corrected chi connectivity index (χ1v) is 9.59. The van der Waals surface area contributed by atoms with Gasteiger partial charge < -0.3 is 10.1 Å². The highest BCUT2D eigenvalue weighted by atomic mass is 35.5. The number of carbonyl (C=O) groups is 2. The molecule has 0 bridgehead atoms. The van der Waals surface area contributed by atoms with Crippen molar-refractivity contribution in [3.05, 3.63) is 73.7 Å². The number of nitro benzene ring substituents is 1. The van der Waals surface area contributed by atoms with Gasteiger partial charge in [-0.25, -0.2) is 9.78 Å². The topological polar surface area (TPSA) is 111 Å². The number of carbonyl (C=O) groups excluding carboxylic acids is 2. The summed E-state index contributed by atoms with van der Waals surface area (Å²) < 4.78 is 4.94. The minimum Gasteiger partial charge on any atom is -0.451 e. The van der Waals surface area contributed by atoms with Gasteiger partial charge in [0.2, 0.25) is 0 Å². The third-order valence-electron chi connectivity index (χ3n) is 3.55. The minimum atomic E-state index is -0.783. The van der Waals surface area contributed by atoms with Gasteiger partial charge in [0, 0.05) is 28.1 Å². The zero-order valence-corrected chi connectivity index (χ0v) is 16.8. The molecule has 29 heavy (non-hydrogen) atoms. The number of hydrogen-bond acceptors (Lipinski definition) is 7. The molecular weight excluding hydrogens is 441 g/mol. The summed E-state index contributed by atoms with van der Waals surface area (Å²) in [5.74, 6) is -1.49. The summed E-state index contributed by atoms with van der Waals surface area (Å²) in [6.07, 6.45) is 0. The zero-order valence-electron chi connectivity index (χ0n) is 14.4. The molecule has 0 saturated heterocycles. The Balaban J connectivity index is 1.60. The molecule has 0 aliphatic heterocycles. The van der Waals surface area contributed by atoms with Crippen LogP contribution >= 0.6 is 34.5 Å². The lowest BCUT2D eigenvalue weighted by Crippen LogP contribution is -2.21. The highest BCUT2D eigenvalue weighted by Gasteiger charge is 2.17. The number of nitro groups is 1. The molecule has 0 aliphatic carbocycles. The Kier molecular flexibility index (Phi) is 6.42. The molecule has 0 radical (unpaired) electrons. The molecule has 0 fully saturated rings. The smallest absolute Gasteiger partial charge is 0.358 e. The maximum absolute atomic E-state index is 12.1. The average Bonchev–Trinajstić information content (AvgIpc) is 3.18. The van der Waals surface area contributed by atoms with Crippen molar-refractivity contribution in [1.82, 2.24) is 4.98 Å². The number of amides is 1. The third-order valence-corrected chi connectivity index (χ3v) is 5.01. The van der Waals surface area contributed by atoms with Crippen LogP contribution < -0.4 is 5.32 Å². The van der Waals surface area contributed by atoms with Crippen molar-refractivity contribution in [2.45, 2.75) is 0 Å². The number of hydrogen-bond donors (Lipinski definition) is 1. The summed E-state index contributed by atoms with van der Waals surface area (Å²) in [6, 6.07) is 10.6. The van der Waals surface area contributed by atoms with E-state index in [-0.39, 0.29) is 22.1 Å². The van der Waals surface area contributed by atoms with Crippen molar-refractivity contribution in [3.63, 3.8) is 0 Å². The number of ether oxygens (including phenoxy) is 1. The maximum Gasteiger partial charge on any atom is 0.358 e. The van der Waals surface area contributed by atoms with Crippen molar-refractivity contribution < 1.29 is 19.2 Å². The number of aromatic nitrogens is 1. The van der Waals surface area contributed by atoms with Gasteiger partial charge >= 0.3 is 5.97 Å². The van der Waals surface area contributed by atoms with E-state index in [1.54, 1.807) is 24.3 Å². The second kappa shape index (κ2) is 8.99. The highest BCUT2D eigenvalue weighted by molar-refractivity contribution is 7.13. The number of rotatable bonds is 6. The standard InChI is InChI=1S/C18H11Cl2N3O5S/c19-11-3-1-2-10(6-11)17-22-15(9-29-17)18(25)28-8-16(24)21-14-7-12(23(26)27)4-5-13(14)20/h1-7,9H,8H2,(H,21,24). The summed E-state index contributed by atoms with van der Waals surface area (Å²) >= 11 is 13.1. The van der Waals surface area contributed by atoms with E-state index in [1.165, 1.54) is 28.8 Å². The largest absolute Gasteiger partial charge is 0.451 e. The van der Waals surface area contributed by atoms with E-state index in [9.17, 15) is 19.7 Å². The molecule has 1 amide bonds. The molecule has 0 spiro atoms. The van der Waals surface area contributed by atoms with Crippen LogP contribution in [-0.2, 0) is 9.53 Å². The van der Waals surface area contributed by atoms with Crippen LogP contribution in [0.25, 0.3) is 10.6 Å². The Labute approximate surface area is 178 Å². The number of nitrogens with zero attached hydrogens (tertiary/aromatic N) is 2. The van der Waals surface area contributed by atoms with Crippen LogP contribution in [0, 0.1) is 10.1 Å². The minimum absolute atomic E-state index is 0.0406. The van der Waals surface area contributed by atoms with Crippen LogP contribution in [-0.4, -0.2) is 28.4 Å². The first-order valence-electron chi connectivity index (χ1n) is 7.96. The first kappa shape index (κ1) is 20.7. The number of esters is 1. The Hall–Kier alpha value is -3.01. The van der Waals surface area contributed by atoms with E-state index in [0.717, 1.165) is 11.6 Å². The monoisotopic (exact) mass is 451 g/mol. The van der Waals surface area contributed by atoms with E-state index in [4.69, 9.17) is 27.9 Å². The predicted molar refractivity (Wildman–Crippen MR) is 110 cm³/mol. The van der Waals surface area contributed by atoms with E-state index < -0.39 is 23.4 Å². The number of benzene rings is 2. The molecular formula is C18H11Cl2N3O5S. The Morgan fingerprint density at radius 1 is 1.21 bits per heavy atom. The number of halogens is 2. The first-order chi connectivity index (χ1) is 13.8. The van der Waals surface area contributed by atoms with Crippen molar-refractivity contribution in [1.29, 1.82) is 0 Å². The van der Waals surface area contributed by atoms with E-state index in [0.29, 0.717) is 10.0 Å². The number of anilines is 1. The maximum atomic E-state index is 12.1. The molecule has 1 N–H and O–H groups in total. The van der Waals surface area contributed by atoms with Crippen LogP contribution in [0.1, 0.15) is 10.5 Å². The second-order valence-electron chi connectivity index (χ2n) is 5.59. The van der Waals surface area contributed by atoms with Gasteiger partial charge in [0.15, 0.2) is 12.3 Å². The fraction of sp³-hybridized carbons (Fsp3) is 0.0556. The highest BCUT2D eigenvalue weighted by Crippen LogP contribution is 2.27. The number of thiazole rings is 1. The number of non-ortho nitro benzene ring substituents is 1. The van der Waals surface area contributed by atoms with Crippen molar-refractivity contribution in [2.75, 3.05) is 11.9 Å². The normalized spacial score (nSPS) is 10.4. The van der Waals surface area contributed by atoms with Crippen LogP contribution in [0.15, 0.2) is 47.8 Å². The molecule has 1 aromatic heterocycles. The van der Waals surface area contributed by atoms with Gasteiger partial charge in [-0.1, -0.05) is 35.3 Å². The van der Waals surface area contributed by atoms with Crippen LogP contribution in [0.2, 0.25) is 10.0 Å². The van der Waals surface area contributed by atoms with Crippen LogP contribution in [0.4, 0.5) is 11.4 Å². The molecule has 0 atom stereocenters.